The van der Waals surface area contributed by atoms with E-state index < -0.39 is 5.72 Å². The van der Waals surface area contributed by atoms with Gasteiger partial charge < -0.3 is 9.64 Å². The summed E-state index contributed by atoms with van der Waals surface area (Å²) >= 11 is 0. The molecule has 5 heteroatoms. The first-order valence-corrected chi connectivity index (χ1v) is 10.2. The van der Waals surface area contributed by atoms with Gasteiger partial charge in [-0.15, -0.1) is 0 Å². The van der Waals surface area contributed by atoms with Gasteiger partial charge in [-0.05, 0) is 26.0 Å². The van der Waals surface area contributed by atoms with Crippen LogP contribution >= 0.6 is 0 Å². The molecule has 28 heavy (non-hydrogen) atoms. The topological polar surface area (TPSA) is 28.1 Å². The molecule has 1 spiro atoms. The van der Waals surface area contributed by atoms with Crippen LogP contribution in [0.3, 0.4) is 0 Å². The predicted octanol–water partition coefficient (Wildman–Crippen LogP) is 4.57. The van der Waals surface area contributed by atoms with Gasteiger partial charge in [0.15, 0.2) is 0 Å². The molecule has 4 nitrogen and oxygen atoms in total. The minimum atomic E-state index is -0.447. The number of piperidine rings is 1. The molecule has 0 radical (unpaired) electrons. The highest BCUT2D eigenvalue weighted by molar-refractivity contribution is 6.02. The van der Waals surface area contributed by atoms with Crippen LogP contribution in [0, 0.1) is 5.82 Å². The zero-order valence-corrected chi connectivity index (χ0v) is 16.4. The Labute approximate surface area is 165 Å². The Balaban J connectivity index is 1.55. The van der Waals surface area contributed by atoms with Crippen molar-refractivity contribution in [1.82, 2.24) is 9.91 Å². The molecule has 0 N–H and O–H groups in total. The van der Waals surface area contributed by atoms with Gasteiger partial charge in [0.05, 0.1) is 11.8 Å². The molecule has 5 rings (SSSR count). The smallest absolute Gasteiger partial charge is 0.200 e. The number of hydrogen-bond donors (Lipinski definition) is 0. The van der Waals surface area contributed by atoms with Crippen LogP contribution < -0.4 is 4.74 Å². The molecular weight excluding hydrogens is 353 g/mol. The minimum absolute atomic E-state index is 0.102. The summed E-state index contributed by atoms with van der Waals surface area (Å²) in [6, 6.07) is 15.8. The SMILES string of the molecule is CC(C)N1CCC2(CC1)Oc1ccccc1[C@@H]1CC(c3ccccc3F)=NN12. The third kappa shape index (κ3) is 2.72. The molecule has 3 aliphatic rings. The van der Waals surface area contributed by atoms with Gasteiger partial charge >= 0.3 is 0 Å². The third-order valence-corrected chi connectivity index (χ3v) is 6.40. The number of para-hydroxylation sites is 1. The lowest BCUT2D eigenvalue weighted by Gasteiger charge is -2.51. The van der Waals surface area contributed by atoms with Crippen molar-refractivity contribution in [2.75, 3.05) is 13.1 Å². The molecule has 0 saturated carbocycles. The summed E-state index contributed by atoms with van der Waals surface area (Å²) in [7, 11) is 0. The van der Waals surface area contributed by atoms with E-state index in [1.54, 1.807) is 6.07 Å². The summed E-state index contributed by atoms with van der Waals surface area (Å²) in [5.74, 6) is 0.741. The first kappa shape index (κ1) is 17.7. The number of rotatable bonds is 2. The molecule has 146 valence electrons. The fourth-order valence-corrected chi connectivity index (χ4v) is 4.81. The van der Waals surface area contributed by atoms with Crippen molar-refractivity contribution in [3.63, 3.8) is 0 Å². The van der Waals surface area contributed by atoms with Crippen molar-refractivity contribution < 1.29 is 9.13 Å². The van der Waals surface area contributed by atoms with Crippen molar-refractivity contribution >= 4 is 5.71 Å². The van der Waals surface area contributed by atoms with E-state index in [-0.39, 0.29) is 11.9 Å². The highest BCUT2D eigenvalue weighted by atomic mass is 19.1. The van der Waals surface area contributed by atoms with Gasteiger partial charge in [0, 0.05) is 49.5 Å². The largest absolute Gasteiger partial charge is 0.466 e. The molecule has 0 bridgehead atoms. The van der Waals surface area contributed by atoms with Gasteiger partial charge in [-0.1, -0.05) is 36.4 Å². The first-order chi connectivity index (χ1) is 13.6. The van der Waals surface area contributed by atoms with E-state index >= 15 is 0 Å². The van der Waals surface area contributed by atoms with E-state index in [0.29, 0.717) is 18.0 Å². The summed E-state index contributed by atoms with van der Waals surface area (Å²) < 4.78 is 21.1. The summed E-state index contributed by atoms with van der Waals surface area (Å²) in [6.45, 7) is 6.44. The Kier molecular flexibility index (Phi) is 4.16. The van der Waals surface area contributed by atoms with E-state index in [4.69, 9.17) is 9.84 Å². The molecule has 3 aliphatic heterocycles. The van der Waals surface area contributed by atoms with E-state index in [9.17, 15) is 4.39 Å². The second-order valence-electron chi connectivity index (χ2n) is 8.31. The molecule has 1 fully saturated rings. The molecule has 0 aromatic heterocycles. The molecule has 2 aromatic carbocycles. The average Bonchev–Trinajstić information content (AvgIpc) is 3.15. The van der Waals surface area contributed by atoms with Gasteiger partial charge in [-0.25, -0.2) is 9.40 Å². The minimum Gasteiger partial charge on any atom is -0.466 e. The highest BCUT2D eigenvalue weighted by Crippen LogP contribution is 2.50. The van der Waals surface area contributed by atoms with Crippen LogP contribution in [0.1, 0.15) is 50.3 Å². The van der Waals surface area contributed by atoms with Gasteiger partial charge in [-0.3, -0.25) is 0 Å². The number of hydrogen-bond acceptors (Lipinski definition) is 4. The van der Waals surface area contributed by atoms with Gasteiger partial charge in [-0.2, -0.15) is 5.10 Å². The van der Waals surface area contributed by atoms with Crippen molar-refractivity contribution in [3.05, 3.63) is 65.5 Å². The monoisotopic (exact) mass is 379 g/mol. The summed E-state index contributed by atoms with van der Waals surface area (Å²) in [5, 5.41) is 7.10. The number of benzene rings is 2. The molecule has 2 aromatic rings. The van der Waals surface area contributed by atoms with Crippen LogP contribution in [0.4, 0.5) is 4.39 Å². The van der Waals surface area contributed by atoms with Crippen LogP contribution in [-0.4, -0.2) is 40.5 Å². The number of likely N-dealkylation sites (tertiary alicyclic amines) is 1. The second kappa shape index (κ2) is 6.59. The Morgan fingerprint density at radius 3 is 2.54 bits per heavy atom. The molecule has 0 aliphatic carbocycles. The lowest BCUT2D eigenvalue weighted by molar-refractivity contribution is -0.152. The molecule has 3 heterocycles. The normalized spacial score (nSPS) is 23.4. The standard InChI is InChI=1S/C23H26FN3O/c1-16(2)26-13-11-23(12-14-26)27-21(18-8-4-6-10-22(18)28-23)15-20(25-27)17-7-3-5-9-19(17)24/h3-10,16,21H,11-15H2,1-2H3/t21-/m0/s1. The van der Waals surface area contributed by atoms with Crippen molar-refractivity contribution in [2.45, 2.75) is 50.9 Å². The lowest BCUT2D eigenvalue weighted by atomic mass is 9.90. The number of nitrogens with zero attached hydrogens (tertiary/aromatic N) is 3. The van der Waals surface area contributed by atoms with Gasteiger partial charge in [0.1, 0.15) is 11.6 Å². The Morgan fingerprint density at radius 2 is 1.79 bits per heavy atom. The molecule has 0 unspecified atom stereocenters. The number of ether oxygens (including phenoxy) is 1. The van der Waals surface area contributed by atoms with Crippen molar-refractivity contribution in [2.24, 2.45) is 5.10 Å². The van der Waals surface area contributed by atoms with Gasteiger partial charge in [0.2, 0.25) is 5.72 Å². The highest BCUT2D eigenvalue weighted by Gasteiger charge is 2.52. The molecule has 0 amide bonds. The Bertz CT molecular complexity index is 918. The third-order valence-electron chi connectivity index (χ3n) is 6.40. The fourth-order valence-electron chi connectivity index (χ4n) is 4.81. The van der Waals surface area contributed by atoms with E-state index in [2.05, 4.69) is 35.9 Å². The lowest BCUT2D eigenvalue weighted by Crippen LogP contribution is -2.59. The number of hydrazone groups is 1. The van der Waals surface area contributed by atoms with Crippen LogP contribution in [0.5, 0.6) is 5.75 Å². The Morgan fingerprint density at radius 1 is 1.07 bits per heavy atom. The van der Waals surface area contributed by atoms with Crippen molar-refractivity contribution in [1.29, 1.82) is 0 Å². The predicted molar refractivity (Wildman–Crippen MR) is 108 cm³/mol. The number of halogens is 1. The maximum atomic E-state index is 14.5. The maximum absolute atomic E-state index is 14.5. The average molecular weight is 379 g/mol. The zero-order valence-electron chi connectivity index (χ0n) is 16.4. The van der Waals surface area contributed by atoms with E-state index in [1.807, 2.05) is 24.3 Å². The Hall–Kier alpha value is -2.40. The van der Waals surface area contributed by atoms with E-state index in [1.165, 1.54) is 6.07 Å². The van der Waals surface area contributed by atoms with Crippen LogP contribution in [0.2, 0.25) is 0 Å². The van der Waals surface area contributed by atoms with E-state index in [0.717, 1.165) is 43.0 Å². The fraction of sp³-hybridized carbons (Fsp3) is 0.435. The van der Waals surface area contributed by atoms with Crippen LogP contribution in [0.15, 0.2) is 53.6 Å². The molecule has 1 saturated heterocycles. The zero-order chi connectivity index (χ0) is 19.3. The van der Waals surface area contributed by atoms with Crippen molar-refractivity contribution in [3.8, 4) is 5.75 Å². The summed E-state index contributed by atoms with van der Waals surface area (Å²) in [4.78, 5) is 2.49. The molecule has 1 atom stereocenters. The van der Waals surface area contributed by atoms with Gasteiger partial charge in [0.25, 0.3) is 0 Å². The first-order valence-electron chi connectivity index (χ1n) is 10.2. The maximum Gasteiger partial charge on any atom is 0.200 e. The second-order valence-corrected chi connectivity index (χ2v) is 8.31. The van der Waals surface area contributed by atoms with Crippen LogP contribution in [-0.2, 0) is 0 Å². The molecular formula is C23H26FN3O. The quantitative estimate of drug-likeness (QED) is 0.765. The summed E-state index contributed by atoms with van der Waals surface area (Å²) in [5.41, 5.74) is 2.12. The number of fused-ring (bicyclic) bond motifs is 4. The summed E-state index contributed by atoms with van der Waals surface area (Å²) in [6.07, 6.45) is 2.49. The van der Waals surface area contributed by atoms with Crippen LogP contribution in [0.25, 0.3) is 0 Å².